The van der Waals surface area contributed by atoms with Crippen molar-refractivity contribution in [2.24, 2.45) is 0 Å². The monoisotopic (exact) mass is 259 g/mol. The van der Waals surface area contributed by atoms with Gasteiger partial charge in [0, 0.05) is 6.54 Å². The molecular formula is C13H13N3O3. The number of nitrogens with zero attached hydrogens (tertiary/aromatic N) is 2. The number of carboxylic acids is 1. The molecule has 6 heteroatoms. The van der Waals surface area contributed by atoms with Crippen molar-refractivity contribution in [3.8, 4) is 5.75 Å². The van der Waals surface area contributed by atoms with Crippen LogP contribution in [-0.4, -0.2) is 28.4 Å². The molecule has 0 aliphatic rings. The number of rotatable bonds is 5. The minimum Gasteiger partial charge on any atom is -0.497 e. The van der Waals surface area contributed by atoms with Gasteiger partial charge in [0.05, 0.1) is 7.11 Å². The van der Waals surface area contributed by atoms with Gasteiger partial charge in [-0.1, -0.05) is 12.1 Å². The first-order chi connectivity index (χ1) is 9.19. The second-order valence-electron chi connectivity index (χ2n) is 3.81. The predicted octanol–water partition coefficient (Wildman–Crippen LogP) is 1.80. The second-order valence-corrected chi connectivity index (χ2v) is 3.81. The zero-order valence-corrected chi connectivity index (χ0v) is 10.3. The third kappa shape index (κ3) is 3.41. The van der Waals surface area contributed by atoms with Gasteiger partial charge in [-0.15, -0.1) is 10.2 Å². The van der Waals surface area contributed by atoms with E-state index in [0.717, 1.165) is 11.3 Å². The Kier molecular flexibility index (Phi) is 3.92. The summed E-state index contributed by atoms with van der Waals surface area (Å²) >= 11 is 0. The first-order valence-electron chi connectivity index (χ1n) is 5.63. The van der Waals surface area contributed by atoms with Crippen LogP contribution in [0.1, 0.15) is 16.1 Å². The van der Waals surface area contributed by atoms with Gasteiger partial charge < -0.3 is 15.2 Å². The fourth-order valence-electron chi connectivity index (χ4n) is 1.52. The number of benzene rings is 1. The Bertz CT molecular complexity index is 570. The molecule has 1 aromatic carbocycles. The molecule has 0 radical (unpaired) electrons. The molecule has 98 valence electrons. The number of anilines is 1. The smallest absolute Gasteiger partial charge is 0.356 e. The van der Waals surface area contributed by atoms with Gasteiger partial charge in [0.15, 0.2) is 5.69 Å². The van der Waals surface area contributed by atoms with Crippen LogP contribution in [0.2, 0.25) is 0 Å². The molecule has 2 rings (SSSR count). The summed E-state index contributed by atoms with van der Waals surface area (Å²) in [6.07, 6.45) is 0. The van der Waals surface area contributed by atoms with Crippen molar-refractivity contribution in [3.63, 3.8) is 0 Å². The summed E-state index contributed by atoms with van der Waals surface area (Å²) in [5, 5.41) is 19.1. The molecule has 0 bridgehead atoms. The molecule has 0 unspecified atom stereocenters. The Morgan fingerprint density at radius 2 is 2.16 bits per heavy atom. The predicted molar refractivity (Wildman–Crippen MR) is 69.3 cm³/mol. The lowest BCUT2D eigenvalue weighted by atomic mass is 10.2. The minimum absolute atomic E-state index is 0.0769. The Labute approximate surface area is 110 Å². The number of ether oxygens (including phenoxy) is 1. The van der Waals surface area contributed by atoms with Crippen molar-refractivity contribution in [3.05, 3.63) is 47.7 Å². The second kappa shape index (κ2) is 5.81. The molecule has 1 aromatic heterocycles. The van der Waals surface area contributed by atoms with E-state index >= 15 is 0 Å². The third-order valence-electron chi connectivity index (χ3n) is 2.49. The van der Waals surface area contributed by atoms with Crippen molar-refractivity contribution in [1.82, 2.24) is 10.2 Å². The average molecular weight is 259 g/mol. The van der Waals surface area contributed by atoms with Crippen molar-refractivity contribution < 1.29 is 14.6 Å². The minimum atomic E-state index is -1.09. The highest BCUT2D eigenvalue weighted by Gasteiger charge is 2.04. The fraction of sp³-hybridized carbons (Fsp3) is 0.154. The van der Waals surface area contributed by atoms with Crippen LogP contribution in [0.15, 0.2) is 36.4 Å². The highest BCUT2D eigenvalue weighted by atomic mass is 16.5. The van der Waals surface area contributed by atoms with Crippen molar-refractivity contribution >= 4 is 11.8 Å². The molecule has 0 amide bonds. The van der Waals surface area contributed by atoms with E-state index in [9.17, 15) is 4.79 Å². The van der Waals surface area contributed by atoms with Crippen LogP contribution in [0.4, 0.5) is 5.82 Å². The maximum absolute atomic E-state index is 10.6. The summed E-state index contributed by atoms with van der Waals surface area (Å²) in [7, 11) is 1.61. The van der Waals surface area contributed by atoms with Gasteiger partial charge in [0.1, 0.15) is 11.6 Å². The summed E-state index contributed by atoms with van der Waals surface area (Å²) in [4.78, 5) is 10.6. The van der Waals surface area contributed by atoms with Crippen molar-refractivity contribution in [2.75, 3.05) is 12.4 Å². The first kappa shape index (κ1) is 12.8. The van der Waals surface area contributed by atoms with Gasteiger partial charge in [-0.3, -0.25) is 0 Å². The van der Waals surface area contributed by atoms with Crippen LogP contribution < -0.4 is 10.1 Å². The topological polar surface area (TPSA) is 84.3 Å². The number of aromatic nitrogens is 2. The number of hydrogen-bond donors (Lipinski definition) is 2. The van der Waals surface area contributed by atoms with Crippen LogP contribution in [0.5, 0.6) is 5.75 Å². The van der Waals surface area contributed by atoms with E-state index in [2.05, 4.69) is 15.5 Å². The molecule has 6 nitrogen and oxygen atoms in total. The maximum atomic E-state index is 10.6. The van der Waals surface area contributed by atoms with Gasteiger partial charge in [-0.25, -0.2) is 4.79 Å². The molecule has 0 atom stereocenters. The van der Waals surface area contributed by atoms with Crippen LogP contribution >= 0.6 is 0 Å². The van der Waals surface area contributed by atoms with Crippen molar-refractivity contribution in [2.45, 2.75) is 6.54 Å². The number of carboxylic acid groups (broad SMARTS) is 1. The van der Waals surface area contributed by atoms with Crippen LogP contribution in [0, 0.1) is 0 Å². The van der Waals surface area contributed by atoms with Gasteiger partial charge in [0.25, 0.3) is 0 Å². The first-order valence-corrected chi connectivity index (χ1v) is 5.63. The Morgan fingerprint density at radius 3 is 2.79 bits per heavy atom. The maximum Gasteiger partial charge on any atom is 0.356 e. The Morgan fingerprint density at radius 1 is 1.32 bits per heavy atom. The molecule has 0 aliphatic heterocycles. The summed E-state index contributed by atoms with van der Waals surface area (Å²) in [6.45, 7) is 0.554. The van der Waals surface area contributed by atoms with Gasteiger partial charge in [-0.05, 0) is 29.8 Å². The normalized spacial score (nSPS) is 9.95. The number of methoxy groups -OCH3 is 1. The molecule has 0 aliphatic carbocycles. The van der Waals surface area contributed by atoms with Crippen LogP contribution in [-0.2, 0) is 6.54 Å². The molecule has 0 saturated heterocycles. The zero-order chi connectivity index (χ0) is 13.7. The lowest BCUT2D eigenvalue weighted by molar-refractivity contribution is 0.0689. The molecule has 0 spiro atoms. The van der Waals surface area contributed by atoms with Crippen LogP contribution in [0.25, 0.3) is 0 Å². The van der Waals surface area contributed by atoms with Crippen molar-refractivity contribution in [1.29, 1.82) is 0 Å². The summed E-state index contributed by atoms with van der Waals surface area (Å²) in [5.41, 5.74) is 0.954. The zero-order valence-electron chi connectivity index (χ0n) is 10.3. The molecule has 0 fully saturated rings. The summed E-state index contributed by atoms with van der Waals surface area (Å²) in [6, 6.07) is 10.6. The average Bonchev–Trinajstić information content (AvgIpc) is 2.46. The largest absolute Gasteiger partial charge is 0.497 e. The van der Waals surface area contributed by atoms with E-state index in [0.29, 0.717) is 12.4 Å². The number of nitrogens with one attached hydrogen (secondary N) is 1. The molecular weight excluding hydrogens is 246 g/mol. The van der Waals surface area contributed by atoms with E-state index in [1.165, 1.54) is 6.07 Å². The molecule has 1 heterocycles. The molecule has 2 N–H and O–H groups in total. The van der Waals surface area contributed by atoms with Gasteiger partial charge >= 0.3 is 5.97 Å². The van der Waals surface area contributed by atoms with E-state index in [1.807, 2.05) is 24.3 Å². The van der Waals surface area contributed by atoms with Crippen LogP contribution in [0.3, 0.4) is 0 Å². The molecule has 2 aromatic rings. The number of carbonyl (C=O) groups is 1. The SMILES string of the molecule is COc1cccc(CNc2ccc(C(=O)O)nn2)c1. The third-order valence-corrected chi connectivity index (χ3v) is 2.49. The lowest BCUT2D eigenvalue weighted by Crippen LogP contribution is -2.06. The van der Waals surface area contributed by atoms with E-state index in [-0.39, 0.29) is 5.69 Å². The van der Waals surface area contributed by atoms with E-state index in [1.54, 1.807) is 13.2 Å². The Hall–Kier alpha value is -2.63. The Balaban J connectivity index is 1.99. The summed E-state index contributed by atoms with van der Waals surface area (Å²) < 4.78 is 5.13. The number of hydrogen-bond acceptors (Lipinski definition) is 5. The molecule has 0 saturated carbocycles. The summed E-state index contributed by atoms with van der Waals surface area (Å²) in [5.74, 6) is 0.214. The van der Waals surface area contributed by atoms with E-state index in [4.69, 9.17) is 9.84 Å². The fourth-order valence-corrected chi connectivity index (χ4v) is 1.52. The highest BCUT2D eigenvalue weighted by molar-refractivity contribution is 5.85. The quantitative estimate of drug-likeness (QED) is 0.851. The van der Waals surface area contributed by atoms with Gasteiger partial charge in [0.2, 0.25) is 0 Å². The van der Waals surface area contributed by atoms with Gasteiger partial charge in [-0.2, -0.15) is 0 Å². The number of aromatic carboxylic acids is 1. The molecule has 19 heavy (non-hydrogen) atoms. The highest BCUT2D eigenvalue weighted by Crippen LogP contribution is 2.13. The standard InChI is InChI=1S/C13H13N3O3/c1-19-10-4-2-3-9(7-10)8-14-12-6-5-11(13(17)18)15-16-12/h2-7H,8H2,1H3,(H,14,16)(H,17,18). The van der Waals surface area contributed by atoms with E-state index < -0.39 is 5.97 Å². The lowest BCUT2D eigenvalue weighted by Gasteiger charge is -2.06.